The Kier molecular flexibility index (Phi) is 4.55. The Morgan fingerprint density at radius 3 is 2.67 bits per heavy atom. The minimum atomic E-state index is 0.529. The Morgan fingerprint density at radius 1 is 1.00 bits per heavy atom. The summed E-state index contributed by atoms with van der Waals surface area (Å²) >= 11 is 0. The predicted octanol–water partition coefficient (Wildman–Crippen LogP) is 2.02. The zero-order valence-corrected chi connectivity index (χ0v) is 11.6. The lowest BCUT2D eigenvalue weighted by Crippen LogP contribution is -2.44. The van der Waals surface area contributed by atoms with Crippen molar-refractivity contribution in [2.75, 3.05) is 32.8 Å². The summed E-state index contributed by atoms with van der Waals surface area (Å²) in [5.41, 5.74) is 0. The van der Waals surface area contributed by atoms with Crippen molar-refractivity contribution in [2.45, 2.75) is 57.1 Å². The molecule has 0 aromatic carbocycles. The molecule has 3 saturated heterocycles. The second-order valence-electron chi connectivity index (χ2n) is 6.28. The van der Waals surface area contributed by atoms with Crippen molar-refractivity contribution in [2.24, 2.45) is 5.92 Å². The lowest BCUT2D eigenvalue weighted by Gasteiger charge is -2.36. The number of likely N-dealkylation sites (tertiary alicyclic amines) is 1. The maximum absolute atomic E-state index is 5.92. The first-order valence-electron chi connectivity index (χ1n) is 8.00. The van der Waals surface area contributed by atoms with E-state index in [9.17, 15) is 0 Å². The van der Waals surface area contributed by atoms with Crippen molar-refractivity contribution in [3.8, 4) is 0 Å². The third-order valence-electron chi connectivity index (χ3n) is 5.05. The molecule has 3 heterocycles. The summed E-state index contributed by atoms with van der Waals surface area (Å²) in [6, 6.07) is 0.859. The van der Waals surface area contributed by atoms with E-state index in [1.54, 1.807) is 0 Å². The van der Waals surface area contributed by atoms with Crippen molar-refractivity contribution in [3.63, 3.8) is 0 Å². The highest BCUT2D eigenvalue weighted by atomic mass is 16.5. The van der Waals surface area contributed by atoms with Crippen molar-refractivity contribution in [3.05, 3.63) is 0 Å². The second kappa shape index (κ2) is 6.36. The molecule has 3 aliphatic heterocycles. The first-order valence-corrected chi connectivity index (χ1v) is 8.00. The van der Waals surface area contributed by atoms with Crippen LogP contribution in [-0.4, -0.2) is 49.8 Å². The molecular formula is C15H28N2O. The minimum absolute atomic E-state index is 0.529. The van der Waals surface area contributed by atoms with Gasteiger partial charge in [0.25, 0.3) is 0 Å². The van der Waals surface area contributed by atoms with Gasteiger partial charge < -0.3 is 10.1 Å². The van der Waals surface area contributed by atoms with Gasteiger partial charge in [-0.3, -0.25) is 4.90 Å². The van der Waals surface area contributed by atoms with E-state index in [0.717, 1.165) is 18.6 Å². The molecule has 3 fully saturated rings. The van der Waals surface area contributed by atoms with Crippen LogP contribution in [0.4, 0.5) is 0 Å². The van der Waals surface area contributed by atoms with Gasteiger partial charge in [-0.2, -0.15) is 0 Å². The van der Waals surface area contributed by atoms with Gasteiger partial charge in [0.15, 0.2) is 0 Å². The molecule has 104 valence electrons. The van der Waals surface area contributed by atoms with Crippen LogP contribution in [0.25, 0.3) is 0 Å². The van der Waals surface area contributed by atoms with Gasteiger partial charge in [-0.1, -0.05) is 0 Å². The van der Waals surface area contributed by atoms with E-state index < -0.39 is 0 Å². The van der Waals surface area contributed by atoms with Crippen LogP contribution in [0.2, 0.25) is 0 Å². The fourth-order valence-electron chi connectivity index (χ4n) is 4.05. The highest BCUT2D eigenvalue weighted by Crippen LogP contribution is 2.30. The lowest BCUT2D eigenvalue weighted by molar-refractivity contribution is -0.0132. The molecule has 0 aromatic rings. The van der Waals surface area contributed by atoms with E-state index in [1.165, 1.54) is 71.1 Å². The number of nitrogens with zero attached hydrogens (tertiary/aromatic N) is 1. The Bertz CT molecular complexity index is 247. The first kappa shape index (κ1) is 12.9. The highest BCUT2D eigenvalue weighted by Gasteiger charge is 2.33. The largest absolute Gasteiger partial charge is 0.377 e. The van der Waals surface area contributed by atoms with Crippen LogP contribution in [0.1, 0.15) is 44.9 Å². The fourth-order valence-corrected chi connectivity index (χ4v) is 4.05. The quantitative estimate of drug-likeness (QED) is 0.831. The third-order valence-corrected chi connectivity index (χ3v) is 5.05. The lowest BCUT2D eigenvalue weighted by atomic mass is 9.88. The maximum atomic E-state index is 5.92. The molecule has 18 heavy (non-hydrogen) atoms. The van der Waals surface area contributed by atoms with E-state index in [-0.39, 0.29) is 0 Å². The summed E-state index contributed by atoms with van der Waals surface area (Å²) in [4.78, 5) is 2.76. The number of nitrogens with one attached hydrogen (secondary N) is 1. The van der Waals surface area contributed by atoms with Crippen molar-refractivity contribution < 1.29 is 4.74 Å². The molecule has 3 rings (SSSR count). The monoisotopic (exact) mass is 252 g/mol. The van der Waals surface area contributed by atoms with Gasteiger partial charge in [0.2, 0.25) is 0 Å². The summed E-state index contributed by atoms with van der Waals surface area (Å²) in [5.74, 6) is 0.942. The van der Waals surface area contributed by atoms with Crippen LogP contribution >= 0.6 is 0 Å². The van der Waals surface area contributed by atoms with Gasteiger partial charge in [0.1, 0.15) is 0 Å². The smallest absolute Gasteiger partial charge is 0.0702 e. The number of ether oxygens (including phenoxy) is 1. The average Bonchev–Trinajstić information content (AvgIpc) is 2.89. The summed E-state index contributed by atoms with van der Waals surface area (Å²) in [5, 5.41) is 3.49. The molecule has 0 spiro atoms. The van der Waals surface area contributed by atoms with Crippen LogP contribution in [0.15, 0.2) is 0 Å². The molecule has 2 atom stereocenters. The average molecular weight is 252 g/mol. The summed E-state index contributed by atoms with van der Waals surface area (Å²) < 4.78 is 5.92. The zero-order valence-electron chi connectivity index (χ0n) is 11.6. The number of hydrogen-bond acceptors (Lipinski definition) is 3. The Labute approximate surface area is 111 Å². The molecule has 2 unspecified atom stereocenters. The van der Waals surface area contributed by atoms with E-state index in [1.807, 2.05) is 0 Å². The molecule has 0 aromatic heterocycles. The summed E-state index contributed by atoms with van der Waals surface area (Å²) in [6.07, 6.45) is 10.1. The predicted molar refractivity (Wildman–Crippen MR) is 73.8 cm³/mol. The van der Waals surface area contributed by atoms with Gasteiger partial charge in [0, 0.05) is 19.2 Å². The molecule has 3 aliphatic rings. The third kappa shape index (κ3) is 3.06. The van der Waals surface area contributed by atoms with Gasteiger partial charge in [-0.05, 0) is 70.5 Å². The Balaban J connectivity index is 1.53. The minimum Gasteiger partial charge on any atom is -0.377 e. The standard InChI is InChI=1S/C15H28N2O/c1-2-11-18-14(4-1)12-17-10-3-5-15(17)13-6-8-16-9-7-13/h13-16H,1-12H2. The first-order chi connectivity index (χ1) is 8.93. The van der Waals surface area contributed by atoms with E-state index in [2.05, 4.69) is 10.2 Å². The molecular weight excluding hydrogens is 224 g/mol. The van der Waals surface area contributed by atoms with E-state index >= 15 is 0 Å². The van der Waals surface area contributed by atoms with E-state index in [4.69, 9.17) is 4.74 Å². The van der Waals surface area contributed by atoms with Crippen LogP contribution in [0, 0.1) is 5.92 Å². The number of piperidine rings is 1. The van der Waals surface area contributed by atoms with Crippen molar-refractivity contribution in [1.29, 1.82) is 0 Å². The highest BCUT2D eigenvalue weighted by molar-refractivity contribution is 4.88. The SMILES string of the molecule is C1CCC(CN2CCCC2C2CCNCC2)OC1. The van der Waals surface area contributed by atoms with E-state index in [0.29, 0.717) is 6.10 Å². The Hall–Kier alpha value is -0.120. The molecule has 0 bridgehead atoms. The van der Waals surface area contributed by atoms with Gasteiger partial charge >= 0.3 is 0 Å². The molecule has 0 aliphatic carbocycles. The second-order valence-corrected chi connectivity index (χ2v) is 6.28. The molecule has 0 saturated carbocycles. The molecule has 1 N–H and O–H groups in total. The van der Waals surface area contributed by atoms with Crippen molar-refractivity contribution in [1.82, 2.24) is 10.2 Å². The normalized spacial score (nSPS) is 36.0. The number of hydrogen-bond donors (Lipinski definition) is 1. The van der Waals surface area contributed by atoms with Crippen LogP contribution in [0.5, 0.6) is 0 Å². The molecule has 0 radical (unpaired) electrons. The summed E-state index contributed by atoms with van der Waals surface area (Å²) in [7, 11) is 0. The van der Waals surface area contributed by atoms with Gasteiger partial charge in [-0.25, -0.2) is 0 Å². The number of rotatable bonds is 3. The fraction of sp³-hybridized carbons (Fsp3) is 1.00. The molecule has 0 amide bonds. The Morgan fingerprint density at radius 2 is 1.89 bits per heavy atom. The topological polar surface area (TPSA) is 24.5 Å². The van der Waals surface area contributed by atoms with Gasteiger partial charge in [0.05, 0.1) is 6.10 Å². The molecule has 3 heteroatoms. The molecule has 3 nitrogen and oxygen atoms in total. The van der Waals surface area contributed by atoms with Gasteiger partial charge in [-0.15, -0.1) is 0 Å². The van der Waals surface area contributed by atoms with Crippen LogP contribution in [-0.2, 0) is 4.74 Å². The zero-order chi connectivity index (χ0) is 12.2. The van der Waals surface area contributed by atoms with Crippen LogP contribution < -0.4 is 5.32 Å². The van der Waals surface area contributed by atoms with Crippen LogP contribution in [0.3, 0.4) is 0 Å². The van der Waals surface area contributed by atoms with Crippen molar-refractivity contribution >= 4 is 0 Å². The maximum Gasteiger partial charge on any atom is 0.0702 e. The summed E-state index contributed by atoms with van der Waals surface area (Å²) in [6.45, 7) is 5.98.